The monoisotopic (exact) mass is 343 g/mol. The van der Waals surface area contributed by atoms with Crippen LogP contribution in [-0.2, 0) is 0 Å². The van der Waals surface area contributed by atoms with E-state index in [-0.39, 0.29) is 6.04 Å². The van der Waals surface area contributed by atoms with Gasteiger partial charge in [-0.15, -0.1) is 0 Å². The summed E-state index contributed by atoms with van der Waals surface area (Å²) in [7, 11) is 0. The molecule has 3 heteroatoms. The Morgan fingerprint density at radius 1 is 1.13 bits per heavy atom. The first-order chi connectivity index (χ1) is 11.1. The summed E-state index contributed by atoms with van der Waals surface area (Å²) in [4.78, 5) is 0. The fraction of sp³-hybridized carbons (Fsp3) is 0.300. The van der Waals surface area contributed by atoms with E-state index >= 15 is 0 Å². The van der Waals surface area contributed by atoms with Crippen LogP contribution in [0.3, 0.4) is 0 Å². The Bertz CT molecular complexity index is 810. The maximum absolute atomic E-state index is 6.51. The molecule has 0 aromatic heterocycles. The molecule has 118 valence electrons. The third kappa shape index (κ3) is 2.38. The van der Waals surface area contributed by atoms with E-state index < -0.39 is 0 Å². The summed E-state index contributed by atoms with van der Waals surface area (Å²) in [6.07, 6.45) is 5.73. The standard InChI is InChI=1S/C20H19Cl2N/c1-11-9-12(2)18-13-5-3-6-14(13)20(23-17(18)10-11)15-7-4-8-16(21)19(15)22/h3-5,7-10,13-14,20,23H,6H2,1-2H3. The summed E-state index contributed by atoms with van der Waals surface area (Å²) in [6.45, 7) is 4.36. The minimum atomic E-state index is 0.190. The fourth-order valence-electron chi connectivity index (χ4n) is 4.21. The van der Waals surface area contributed by atoms with Crippen molar-refractivity contribution < 1.29 is 0 Å². The van der Waals surface area contributed by atoms with Crippen LogP contribution in [0.25, 0.3) is 0 Å². The average Bonchev–Trinajstić information content (AvgIpc) is 2.98. The van der Waals surface area contributed by atoms with E-state index in [4.69, 9.17) is 23.2 Å². The Balaban J connectivity index is 1.86. The molecule has 4 rings (SSSR count). The van der Waals surface area contributed by atoms with E-state index in [0.717, 1.165) is 12.0 Å². The van der Waals surface area contributed by atoms with Crippen molar-refractivity contribution in [2.24, 2.45) is 5.92 Å². The van der Waals surface area contributed by atoms with Crippen LogP contribution in [0, 0.1) is 19.8 Å². The number of halogens is 2. The average molecular weight is 344 g/mol. The molecule has 1 N–H and O–H groups in total. The van der Waals surface area contributed by atoms with Crippen molar-refractivity contribution in [1.82, 2.24) is 0 Å². The Morgan fingerprint density at radius 2 is 1.96 bits per heavy atom. The number of hydrogen-bond acceptors (Lipinski definition) is 1. The lowest BCUT2D eigenvalue weighted by Gasteiger charge is -2.39. The molecule has 0 bridgehead atoms. The van der Waals surface area contributed by atoms with E-state index in [1.54, 1.807) is 0 Å². The van der Waals surface area contributed by atoms with E-state index in [0.29, 0.717) is 21.9 Å². The molecule has 0 saturated heterocycles. The number of anilines is 1. The molecule has 1 nitrogen and oxygen atoms in total. The molecule has 3 atom stereocenters. The number of rotatable bonds is 1. The van der Waals surface area contributed by atoms with Crippen molar-refractivity contribution in [3.05, 3.63) is 74.8 Å². The highest BCUT2D eigenvalue weighted by Gasteiger charge is 2.39. The second-order valence-electron chi connectivity index (χ2n) is 6.66. The first kappa shape index (κ1) is 15.1. The lowest BCUT2D eigenvalue weighted by Crippen LogP contribution is -2.30. The van der Waals surface area contributed by atoms with Crippen LogP contribution in [0.4, 0.5) is 5.69 Å². The van der Waals surface area contributed by atoms with Gasteiger partial charge in [0.15, 0.2) is 0 Å². The van der Waals surface area contributed by atoms with Gasteiger partial charge in [0.1, 0.15) is 0 Å². The number of nitrogens with one attached hydrogen (secondary N) is 1. The van der Waals surface area contributed by atoms with Crippen LogP contribution in [0.1, 0.15) is 40.6 Å². The minimum absolute atomic E-state index is 0.190. The van der Waals surface area contributed by atoms with Crippen LogP contribution < -0.4 is 5.32 Å². The number of hydrogen-bond donors (Lipinski definition) is 1. The van der Waals surface area contributed by atoms with E-state index in [9.17, 15) is 0 Å². The summed E-state index contributed by atoms with van der Waals surface area (Å²) in [5.74, 6) is 0.937. The topological polar surface area (TPSA) is 12.0 Å². The maximum Gasteiger partial charge on any atom is 0.0645 e. The predicted molar refractivity (Wildman–Crippen MR) is 98.7 cm³/mol. The van der Waals surface area contributed by atoms with Gasteiger partial charge in [-0.3, -0.25) is 0 Å². The van der Waals surface area contributed by atoms with Crippen LogP contribution in [0.5, 0.6) is 0 Å². The van der Waals surface area contributed by atoms with Crippen molar-refractivity contribution in [3.63, 3.8) is 0 Å². The van der Waals surface area contributed by atoms with E-state index in [1.165, 1.54) is 22.4 Å². The number of benzene rings is 2. The minimum Gasteiger partial charge on any atom is -0.378 e. The first-order valence-electron chi connectivity index (χ1n) is 8.04. The predicted octanol–water partition coefficient (Wildman–Crippen LogP) is 6.44. The van der Waals surface area contributed by atoms with Crippen LogP contribution in [0.15, 0.2) is 42.5 Å². The molecular formula is C20H19Cl2N. The molecule has 1 heterocycles. The second kappa shape index (κ2) is 5.58. The van der Waals surface area contributed by atoms with E-state index in [1.807, 2.05) is 12.1 Å². The van der Waals surface area contributed by atoms with Gasteiger partial charge in [0.25, 0.3) is 0 Å². The van der Waals surface area contributed by atoms with Crippen molar-refractivity contribution in [1.29, 1.82) is 0 Å². The van der Waals surface area contributed by atoms with Gasteiger partial charge < -0.3 is 5.32 Å². The Labute approximate surface area is 147 Å². The lowest BCUT2D eigenvalue weighted by molar-refractivity contribution is 0.424. The smallest absolute Gasteiger partial charge is 0.0645 e. The summed E-state index contributed by atoms with van der Waals surface area (Å²) in [5.41, 5.74) is 6.41. The zero-order valence-corrected chi connectivity index (χ0v) is 14.7. The van der Waals surface area contributed by atoms with Crippen molar-refractivity contribution in [2.75, 3.05) is 5.32 Å². The molecule has 3 unspecified atom stereocenters. The molecular weight excluding hydrogens is 325 g/mol. The quantitative estimate of drug-likeness (QED) is 0.587. The Hall–Kier alpha value is -1.44. The molecule has 0 saturated carbocycles. The van der Waals surface area contributed by atoms with Crippen molar-refractivity contribution >= 4 is 28.9 Å². The molecule has 2 aromatic carbocycles. The molecule has 0 radical (unpaired) electrons. The summed E-state index contributed by atoms with van der Waals surface area (Å²) in [5, 5.41) is 5.05. The van der Waals surface area contributed by atoms with Crippen LogP contribution in [0.2, 0.25) is 10.0 Å². The summed E-state index contributed by atoms with van der Waals surface area (Å²) in [6, 6.07) is 10.6. The normalized spacial score (nSPS) is 25.0. The lowest BCUT2D eigenvalue weighted by atomic mass is 9.75. The highest BCUT2D eigenvalue weighted by Crippen LogP contribution is 2.52. The number of aryl methyl sites for hydroxylation is 2. The maximum atomic E-state index is 6.51. The second-order valence-corrected chi connectivity index (χ2v) is 7.45. The SMILES string of the molecule is Cc1cc(C)c2c(c1)NC(c1cccc(Cl)c1Cl)C1CC=CC21. The molecule has 0 fully saturated rings. The highest BCUT2D eigenvalue weighted by molar-refractivity contribution is 6.42. The van der Waals surface area contributed by atoms with Gasteiger partial charge in [0.05, 0.1) is 16.1 Å². The first-order valence-corrected chi connectivity index (χ1v) is 8.80. The zero-order valence-electron chi connectivity index (χ0n) is 13.2. The fourth-order valence-corrected chi connectivity index (χ4v) is 4.64. The number of allylic oxidation sites excluding steroid dienone is 2. The Kier molecular flexibility index (Phi) is 3.66. The third-order valence-electron chi connectivity index (χ3n) is 5.13. The molecule has 1 aliphatic heterocycles. The van der Waals surface area contributed by atoms with Gasteiger partial charge >= 0.3 is 0 Å². The summed E-state index contributed by atoms with van der Waals surface area (Å²) >= 11 is 12.8. The van der Waals surface area contributed by atoms with Crippen molar-refractivity contribution in [2.45, 2.75) is 32.2 Å². The molecule has 2 aliphatic rings. The summed E-state index contributed by atoms with van der Waals surface area (Å²) < 4.78 is 0. The number of fused-ring (bicyclic) bond motifs is 3. The van der Waals surface area contributed by atoms with Crippen LogP contribution in [-0.4, -0.2) is 0 Å². The van der Waals surface area contributed by atoms with E-state index in [2.05, 4.69) is 49.5 Å². The van der Waals surface area contributed by atoms with Gasteiger partial charge in [-0.05, 0) is 60.6 Å². The third-order valence-corrected chi connectivity index (χ3v) is 5.97. The van der Waals surface area contributed by atoms with Crippen LogP contribution >= 0.6 is 23.2 Å². The zero-order chi connectivity index (χ0) is 16.1. The largest absolute Gasteiger partial charge is 0.378 e. The molecule has 0 amide bonds. The van der Waals surface area contributed by atoms with Gasteiger partial charge in [0.2, 0.25) is 0 Å². The molecule has 2 aromatic rings. The van der Waals surface area contributed by atoms with Gasteiger partial charge in [-0.25, -0.2) is 0 Å². The molecule has 0 spiro atoms. The van der Waals surface area contributed by atoms with Gasteiger partial charge in [-0.2, -0.15) is 0 Å². The molecule has 23 heavy (non-hydrogen) atoms. The van der Waals surface area contributed by atoms with Gasteiger partial charge in [0, 0.05) is 11.6 Å². The van der Waals surface area contributed by atoms with Gasteiger partial charge in [-0.1, -0.05) is 53.6 Å². The molecule has 1 aliphatic carbocycles. The Morgan fingerprint density at radius 3 is 2.78 bits per heavy atom. The highest BCUT2D eigenvalue weighted by atomic mass is 35.5. The van der Waals surface area contributed by atoms with Crippen molar-refractivity contribution in [3.8, 4) is 0 Å².